The summed E-state index contributed by atoms with van der Waals surface area (Å²) in [5.41, 5.74) is -0.830. The minimum Gasteiger partial charge on any atom is -0.388 e. The van der Waals surface area contributed by atoms with E-state index in [1.54, 1.807) is 13.0 Å². The number of rotatable bonds is 12. The zero-order valence-electron chi connectivity index (χ0n) is 15.4. The number of carbonyl (C=O) groups is 1. The Balaban J connectivity index is 3.87. The van der Waals surface area contributed by atoms with Gasteiger partial charge in [-0.25, -0.2) is 0 Å². The maximum absolute atomic E-state index is 11.7. The minimum atomic E-state index is -0.830. The first-order valence-corrected chi connectivity index (χ1v) is 8.79. The van der Waals surface area contributed by atoms with Crippen LogP contribution in [0.1, 0.15) is 52.9 Å². The van der Waals surface area contributed by atoms with E-state index in [0.717, 1.165) is 25.7 Å². The third-order valence-electron chi connectivity index (χ3n) is 3.37. The lowest BCUT2D eigenvalue weighted by molar-refractivity contribution is -0.117. The quantitative estimate of drug-likeness (QED) is 0.311. The third-order valence-corrected chi connectivity index (χ3v) is 3.37. The average Bonchev–Trinajstić information content (AvgIpc) is 2.56. The molecule has 3 heteroatoms. The van der Waals surface area contributed by atoms with E-state index in [0.29, 0.717) is 6.42 Å². The molecule has 0 aromatic rings. The molecule has 0 saturated heterocycles. The maximum atomic E-state index is 11.7. The van der Waals surface area contributed by atoms with Gasteiger partial charge in [-0.1, -0.05) is 74.4 Å². The maximum Gasteiger partial charge on any atom is 0.244 e. The molecule has 0 aliphatic heterocycles. The Labute approximate surface area is 147 Å². The lowest BCUT2D eigenvalue weighted by atomic mass is 9.99. The van der Waals surface area contributed by atoms with Crippen molar-refractivity contribution in [3.63, 3.8) is 0 Å². The molecule has 134 valence electrons. The summed E-state index contributed by atoms with van der Waals surface area (Å²) in [5, 5.41) is 12.8. The van der Waals surface area contributed by atoms with Crippen molar-refractivity contribution in [3.05, 3.63) is 60.8 Å². The first kappa shape index (κ1) is 22.1. The normalized spacial score (nSPS) is 15.3. The molecule has 0 aliphatic carbocycles. The predicted molar refractivity (Wildman–Crippen MR) is 104 cm³/mol. The number of nitrogens with one attached hydrogen (secondary N) is 1. The van der Waals surface area contributed by atoms with E-state index < -0.39 is 5.60 Å². The van der Waals surface area contributed by atoms with Gasteiger partial charge in [-0.2, -0.15) is 0 Å². The van der Waals surface area contributed by atoms with E-state index in [1.165, 1.54) is 6.08 Å². The van der Waals surface area contributed by atoms with Crippen molar-refractivity contribution in [3.8, 4) is 0 Å². The second kappa shape index (κ2) is 14.7. The van der Waals surface area contributed by atoms with Crippen LogP contribution in [0, 0.1) is 0 Å². The second-order valence-electron chi connectivity index (χ2n) is 6.02. The molecule has 0 heterocycles. The number of allylic oxidation sites excluding steroid dienone is 9. The van der Waals surface area contributed by atoms with Gasteiger partial charge in [0.25, 0.3) is 0 Å². The van der Waals surface area contributed by atoms with Gasteiger partial charge in [-0.3, -0.25) is 4.79 Å². The lowest BCUT2D eigenvalue weighted by Gasteiger charge is -2.22. The van der Waals surface area contributed by atoms with Gasteiger partial charge in [0.05, 0.1) is 5.60 Å². The summed E-state index contributed by atoms with van der Waals surface area (Å²) in [4.78, 5) is 11.7. The van der Waals surface area contributed by atoms with Crippen LogP contribution in [0.4, 0.5) is 0 Å². The fraction of sp³-hybridized carbons (Fsp3) is 0.476. The Morgan fingerprint density at radius 3 is 2.29 bits per heavy atom. The number of aliphatic hydroxyl groups is 1. The van der Waals surface area contributed by atoms with Crippen LogP contribution < -0.4 is 5.32 Å². The molecule has 0 aromatic carbocycles. The molecule has 3 nitrogen and oxygen atoms in total. The Kier molecular flexibility index (Phi) is 13.6. The smallest absolute Gasteiger partial charge is 0.244 e. The van der Waals surface area contributed by atoms with Crippen molar-refractivity contribution in [2.75, 3.05) is 6.54 Å². The predicted octanol–water partition coefficient (Wildman–Crippen LogP) is 4.62. The SMILES string of the molecule is CC=CC=CC=CCCC=CC=CC(=O)NCC(C)(O)CCCC. The van der Waals surface area contributed by atoms with E-state index >= 15 is 0 Å². The molecule has 0 fully saturated rings. The van der Waals surface area contributed by atoms with E-state index in [4.69, 9.17) is 0 Å². The fourth-order valence-electron chi connectivity index (χ4n) is 1.91. The molecular weight excluding hydrogens is 298 g/mol. The lowest BCUT2D eigenvalue weighted by Crippen LogP contribution is -2.39. The van der Waals surface area contributed by atoms with Crippen LogP contribution in [0.5, 0.6) is 0 Å². The Hall–Kier alpha value is -1.87. The molecule has 0 rings (SSSR count). The minimum absolute atomic E-state index is 0.176. The zero-order chi connectivity index (χ0) is 18.1. The highest BCUT2D eigenvalue weighted by Crippen LogP contribution is 2.11. The van der Waals surface area contributed by atoms with Gasteiger partial charge in [0.15, 0.2) is 0 Å². The first-order valence-electron chi connectivity index (χ1n) is 8.79. The van der Waals surface area contributed by atoms with Gasteiger partial charge in [0, 0.05) is 12.6 Å². The number of amides is 1. The third kappa shape index (κ3) is 15.0. The highest BCUT2D eigenvalue weighted by molar-refractivity contribution is 5.87. The molecule has 0 spiro atoms. The van der Waals surface area contributed by atoms with Crippen LogP contribution in [0.15, 0.2) is 60.8 Å². The van der Waals surface area contributed by atoms with Gasteiger partial charge in [0.1, 0.15) is 0 Å². The van der Waals surface area contributed by atoms with Crippen molar-refractivity contribution in [1.82, 2.24) is 5.32 Å². The Morgan fingerprint density at radius 2 is 1.67 bits per heavy atom. The molecule has 2 N–H and O–H groups in total. The summed E-state index contributed by atoms with van der Waals surface area (Å²) in [6.45, 7) is 6.11. The van der Waals surface area contributed by atoms with Crippen molar-refractivity contribution >= 4 is 5.91 Å². The number of unbranched alkanes of at least 4 members (excludes halogenated alkanes) is 2. The largest absolute Gasteiger partial charge is 0.388 e. The van der Waals surface area contributed by atoms with Crippen LogP contribution in [0.2, 0.25) is 0 Å². The van der Waals surface area contributed by atoms with Crippen molar-refractivity contribution in [2.45, 2.75) is 58.5 Å². The van der Waals surface area contributed by atoms with Gasteiger partial charge in [0.2, 0.25) is 5.91 Å². The van der Waals surface area contributed by atoms with E-state index in [1.807, 2.05) is 49.5 Å². The van der Waals surface area contributed by atoms with E-state index in [-0.39, 0.29) is 12.5 Å². The summed E-state index contributed by atoms with van der Waals surface area (Å²) in [6, 6.07) is 0. The fourth-order valence-corrected chi connectivity index (χ4v) is 1.91. The van der Waals surface area contributed by atoms with Crippen LogP contribution in [-0.2, 0) is 4.79 Å². The summed E-state index contributed by atoms with van der Waals surface area (Å²) in [7, 11) is 0. The number of hydrogen-bond acceptors (Lipinski definition) is 2. The topological polar surface area (TPSA) is 49.3 Å². The van der Waals surface area contributed by atoms with Gasteiger partial charge in [-0.15, -0.1) is 0 Å². The Bertz CT molecular complexity index is 468. The van der Waals surface area contributed by atoms with Crippen molar-refractivity contribution in [1.29, 1.82) is 0 Å². The molecule has 0 aromatic heterocycles. The highest BCUT2D eigenvalue weighted by Gasteiger charge is 2.19. The molecule has 0 aliphatic rings. The van der Waals surface area contributed by atoms with Crippen LogP contribution in [0.25, 0.3) is 0 Å². The average molecular weight is 332 g/mol. The highest BCUT2D eigenvalue weighted by atomic mass is 16.3. The molecule has 0 radical (unpaired) electrons. The monoisotopic (exact) mass is 331 g/mol. The molecule has 1 atom stereocenters. The van der Waals surface area contributed by atoms with Crippen LogP contribution in [0.3, 0.4) is 0 Å². The first-order chi connectivity index (χ1) is 11.5. The number of carbonyl (C=O) groups excluding carboxylic acids is 1. The van der Waals surface area contributed by atoms with Gasteiger partial charge >= 0.3 is 0 Å². The van der Waals surface area contributed by atoms with Crippen molar-refractivity contribution in [2.24, 2.45) is 0 Å². The summed E-state index contributed by atoms with van der Waals surface area (Å²) >= 11 is 0. The molecule has 0 saturated carbocycles. The van der Waals surface area contributed by atoms with Gasteiger partial charge in [-0.05, 0) is 33.1 Å². The van der Waals surface area contributed by atoms with Gasteiger partial charge < -0.3 is 10.4 Å². The Morgan fingerprint density at radius 1 is 1.04 bits per heavy atom. The molecular formula is C21H33NO2. The molecule has 0 bridgehead atoms. The second-order valence-corrected chi connectivity index (χ2v) is 6.02. The summed E-state index contributed by atoms with van der Waals surface area (Å²) < 4.78 is 0. The summed E-state index contributed by atoms with van der Waals surface area (Å²) in [6.07, 6.45) is 23.8. The molecule has 1 unspecified atom stereocenters. The van der Waals surface area contributed by atoms with E-state index in [2.05, 4.69) is 18.3 Å². The van der Waals surface area contributed by atoms with Crippen LogP contribution in [-0.4, -0.2) is 23.2 Å². The van der Waals surface area contributed by atoms with Crippen molar-refractivity contribution < 1.29 is 9.90 Å². The number of hydrogen-bond donors (Lipinski definition) is 2. The zero-order valence-corrected chi connectivity index (χ0v) is 15.4. The summed E-state index contributed by atoms with van der Waals surface area (Å²) in [5.74, 6) is -0.176. The molecule has 24 heavy (non-hydrogen) atoms. The molecule has 1 amide bonds. The standard InChI is InChI=1S/C21H33NO2/c1-4-6-8-9-10-11-12-13-14-15-16-17-20(23)22-19-21(3,24)18-7-5-2/h4,6,8-11,14-17,24H,5,7,12-13,18-19H2,1-3H3,(H,22,23). The van der Waals surface area contributed by atoms with Crippen LogP contribution >= 0.6 is 0 Å². The van der Waals surface area contributed by atoms with E-state index in [9.17, 15) is 9.90 Å².